The normalized spacial score (nSPS) is 12.2. The summed E-state index contributed by atoms with van der Waals surface area (Å²) in [5, 5.41) is 0.541. The van der Waals surface area contributed by atoms with E-state index in [1.54, 1.807) is 6.92 Å². The fourth-order valence-electron chi connectivity index (χ4n) is 1.16. The summed E-state index contributed by atoms with van der Waals surface area (Å²) in [5.74, 6) is -0.269. The molecule has 1 aromatic rings. The summed E-state index contributed by atoms with van der Waals surface area (Å²) in [5.41, 5.74) is 0.483. The van der Waals surface area contributed by atoms with Gasteiger partial charge in [-0.25, -0.2) is 4.98 Å². The Morgan fingerprint density at radius 3 is 2.94 bits per heavy atom. The van der Waals surface area contributed by atoms with Crippen LogP contribution in [0.2, 0.25) is 0 Å². The van der Waals surface area contributed by atoms with Gasteiger partial charge >= 0.3 is 5.97 Å². The van der Waals surface area contributed by atoms with Crippen LogP contribution in [0.5, 0.6) is 0 Å². The minimum absolute atomic E-state index is 0.0115. The summed E-state index contributed by atoms with van der Waals surface area (Å²) < 4.78 is 4.56. The highest BCUT2D eigenvalue weighted by Crippen LogP contribution is 2.20. The highest BCUT2D eigenvalue weighted by Gasteiger charge is 2.12. The molecule has 6 heteroatoms. The van der Waals surface area contributed by atoms with Crippen LogP contribution in [0.1, 0.15) is 19.0 Å². The van der Waals surface area contributed by atoms with Gasteiger partial charge < -0.3 is 9.72 Å². The van der Waals surface area contributed by atoms with Crippen LogP contribution >= 0.6 is 11.8 Å². The zero-order chi connectivity index (χ0) is 12.1. The molecule has 0 saturated carbocycles. The zero-order valence-electron chi connectivity index (χ0n) is 9.44. The van der Waals surface area contributed by atoms with Crippen molar-refractivity contribution in [3.63, 3.8) is 0 Å². The van der Waals surface area contributed by atoms with E-state index in [0.717, 1.165) is 0 Å². The molecule has 1 rings (SSSR count). The molecule has 1 unspecified atom stereocenters. The molecule has 1 atom stereocenters. The van der Waals surface area contributed by atoms with Crippen molar-refractivity contribution in [2.24, 2.45) is 0 Å². The fraction of sp³-hybridized carbons (Fsp3) is 0.500. The molecule has 1 aromatic heterocycles. The number of ether oxygens (including phenoxy) is 1. The van der Waals surface area contributed by atoms with E-state index in [2.05, 4.69) is 14.7 Å². The Hall–Kier alpha value is -1.30. The summed E-state index contributed by atoms with van der Waals surface area (Å²) in [6, 6.07) is 1.43. The lowest BCUT2D eigenvalue weighted by atomic mass is 10.3. The van der Waals surface area contributed by atoms with Gasteiger partial charge in [-0.3, -0.25) is 9.59 Å². The van der Waals surface area contributed by atoms with Crippen LogP contribution in [0.4, 0.5) is 0 Å². The lowest BCUT2D eigenvalue weighted by Gasteiger charge is -2.08. The number of hydrogen-bond acceptors (Lipinski definition) is 5. The Balaban J connectivity index is 2.65. The Kier molecular flexibility index (Phi) is 4.54. The Labute approximate surface area is 97.6 Å². The van der Waals surface area contributed by atoms with Crippen molar-refractivity contribution in [3.8, 4) is 0 Å². The number of carbonyl (C=O) groups is 1. The second-order valence-electron chi connectivity index (χ2n) is 3.40. The lowest BCUT2D eigenvalue weighted by molar-refractivity contribution is -0.140. The molecule has 0 aromatic carbocycles. The van der Waals surface area contributed by atoms with Gasteiger partial charge in [0, 0.05) is 17.0 Å². The second kappa shape index (κ2) is 5.69. The number of rotatable bonds is 4. The standard InChI is InChI=1S/C10H14N2O3S/c1-6-4-8(13)12-10(11-6)16-7(2)5-9(14)15-3/h4,7H,5H2,1-3H3,(H,11,12,13). The fourth-order valence-corrected chi connectivity index (χ4v) is 2.11. The van der Waals surface area contributed by atoms with Crippen LogP contribution in [0.25, 0.3) is 0 Å². The maximum absolute atomic E-state index is 11.2. The highest BCUT2D eigenvalue weighted by atomic mass is 32.2. The number of methoxy groups -OCH3 is 1. The highest BCUT2D eigenvalue weighted by molar-refractivity contribution is 7.99. The quantitative estimate of drug-likeness (QED) is 0.486. The van der Waals surface area contributed by atoms with E-state index < -0.39 is 0 Å². The molecule has 0 saturated heterocycles. The molecule has 0 bridgehead atoms. The molecule has 0 amide bonds. The molecule has 0 spiro atoms. The Morgan fingerprint density at radius 1 is 1.69 bits per heavy atom. The molecule has 1 heterocycles. The number of aromatic nitrogens is 2. The molecule has 16 heavy (non-hydrogen) atoms. The van der Waals surface area contributed by atoms with Crippen molar-refractivity contribution < 1.29 is 9.53 Å². The average Bonchev–Trinajstić information content (AvgIpc) is 2.15. The molecule has 5 nitrogen and oxygen atoms in total. The second-order valence-corrected chi connectivity index (χ2v) is 4.83. The van der Waals surface area contributed by atoms with E-state index in [-0.39, 0.29) is 16.8 Å². The molecule has 0 aliphatic heterocycles. The van der Waals surface area contributed by atoms with Gasteiger partial charge in [0.25, 0.3) is 5.56 Å². The number of nitrogens with zero attached hydrogens (tertiary/aromatic N) is 1. The summed E-state index contributed by atoms with van der Waals surface area (Å²) in [4.78, 5) is 29.0. The van der Waals surface area contributed by atoms with Crippen molar-refractivity contribution in [2.45, 2.75) is 30.7 Å². The van der Waals surface area contributed by atoms with E-state index in [0.29, 0.717) is 17.3 Å². The third-order valence-corrected chi connectivity index (χ3v) is 2.83. The summed E-state index contributed by atoms with van der Waals surface area (Å²) in [6.07, 6.45) is 0.290. The third-order valence-electron chi connectivity index (χ3n) is 1.84. The predicted molar refractivity (Wildman–Crippen MR) is 61.5 cm³/mol. The average molecular weight is 242 g/mol. The van der Waals surface area contributed by atoms with E-state index in [9.17, 15) is 9.59 Å². The molecule has 0 fully saturated rings. The first-order valence-electron chi connectivity index (χ1n) is 4.82. The van der Waals surface area contributed by atoms with E-state index >= 15 is 0 Å². The SMILES string of the molecule is COC(=O)CC(C)Sc1nc(C)cc(=O)[nH]1. The van der Waals surface area contributed by atoms with Gasteiger partial charge in [-0.1, -0.05) is 18.7 Å². The van der Waals surface area contributed by atoms with E-state index in [1.165, 1.54) is 24.9 Å². The molecule has 0 radical (unpaired) electrons. The van der Waals surface area contributed by atoms with E-state index in [4.69, 9.17) is 0 Å². The molecule has 88 valence electrons. The number of carbonyl (C=O) groups excluding carboxylic acids is 1. The maximum Gasteiger partial charge on any atom is 0.306 e. The number of aromatic amines is 1. The van der Waals surface area contributed by atoms with Gasteiger partial charge in [0.2, 0.25) is 0 Å². The van der Waals surface area contributed by atoms with Crippen molar-refractivity contribution >= 4 is 17.7 Å². The largest absolute Gasteiger partial charge is 0.469 e. The van der Waals surface area contributed by atoms with Gasteiger partial charge in [-0.2, -0.15) is 0 Å². The molecule has 0 aliphatic carbocycles. The molecular formula is C10H14N2O3S. The summed E-state index contributed by atoms with van der Waals surface area (Å²) in [6.45, 7) is 3.63. The first-order valence-corrected chi connectivity index (χ1v) is 5.70. The first-order chi connectivity index (χ1) is 7.51. The van der Waals surface area contributed by atoms with Gasteiger partial charge in [-0.05, 0) is 6.92 Å². The summed E-state index contributed by atoms with van der Waals surface area (Å²) in [7, 11) is 1.35. The van der Waals surface area contributed by atoms with Crippen molar-refractivity contribution in [1.82, 2.24) is 9.97 Å². The van der Waals surface area contributed by atoms with Crippen LogP contribution in [0.15, 0.2) is 16.0 Å². The van der Waals surface area contributed by atoms with Crippen LogP contribution in [-0.2, 0) is 9.53 Å². The molecule has 1 N–H and O–H groups in total. The molecule has 0 aliphatic rings. The van der Waals surface area contributed by atoms with Crippen LogP contribution in [0, 0.1) is 6.92 Å². The number of thioether (sulfide) groups is 1. The minimum atomic E-state index is -0.269. The van der Waals surface area contributed by atoms with Crippen molar-refractivity contribution in [2.75, 3.05) is 7.11 Å². The van der Waals surface area contributed by atoms with Crippen LogP contribution in [-0.4, -0.2) is 28.3 Å². The maximum atomic E-state index is 11.2. The predicted octanol–water partition coefficient (Wildman–Crippen LogP) is 1.12. The topological polar surface area (TPSA) is 72.0 Å². The minimum Gasteiger partial charge on any atom is -0.469 e. The number of aryl methyl sites for hydroxylation is 1. The van der Waals surface area contributed by atoms with Crippen LogP contribution in [0.3, 0.4) is 0 Å². The Morgan fingerprint density at radius 2 is 2.38 bits per heavy atom. The Bertz CT molecular complexity index is 430. The monoisotopic (exact) mass is 242 g/mol. The number of nitrogens with one attached hydrogen (secondary N) is 1. The van der Waals surface area contributed by atoms with Gasteiger partial charge in [0.05, 0.1) is 13.5 Å². The van der Waals surface area contributed by atoms with Crippen LogP contribution < -0.4 is 5.56 Å². The number of H-pyrrole nitrogens is 1. The van der Waals surface area contributed by atoms with Crippen molar-refractivity contribution in [1.29, 1.82) is 0 Å². The first kappa shape index (κ1) is 12.8. The third kappa shape index (κ3) is 4.06. The van der Waals surface area contributed by atoms with Crippen molar-refractivity contribution in [3.05, 3.63) is 22.1 Å². The van der Waals surface area contributed by atoms with Gasteiger partial charge in [0.15, 0.2) is 5.16 Å². The smallest absolute Gasteiger partial charge is 0.306 e. The molecular weight excluding hydrogens is 228 g/mol. The number of hydrogen-bond donors (Lipinski definition) is 1. The van der Waals surface area contributed by atoms with Gasteiger partial charge in [-0.15, -0.1) is 0 Å². The van der Waals surface area contributed by atoms with E-state index in [1.807, 2.05) is 6.92 Å². The number of esters is 1. The van der Waals surface area contributed by atoms with Gasteiger partial charge in [0.1, 0.15) is 0 Å². The zero-order valence-corrected chi connectivity index (χ0v) is 10.3. The summed E-state index contributed by atoms with van der Waals surface area (Å²) >= 11 is 1.35. The lowest BCUT2D eigenvalue weighted by Crippen LogP contribution is -2.12.